The van der Waals surface area contributed by atoms with E-state index < -0.39 is 0 Å². The van der Waals surface area contributed by atoms with Gasteiger partial charge < -0.3 is 5.32 Å². The van der Waals surface area contributed by atoms with Crippen LogP contribution in [0, 0.1) is 0 Å². The van der Waals surface area contributed by atoms with Crippen LogP contribution in [0.1, 0.15) is 54.3 Å². The Morgan fingerprint density at radius 2 is 1.95 bits per heavy atom. The van der Waals surface area contributed by atoms with Gasteiger partial charge >= 0.3 is 0 Å². The van der Waals surface area contributed by atoms with Gasteiger partial charge in [0.05, 0.1) is 10.7 Å². The van der Waals surface area contributed by atoms with Gasteiger partial charge in [-0.2, -0.15) is 0 Å². The number of benzene rings is 1. The van der Waals surface area contributed by atoms with Crippen molar-refractivity contribution in [2.75, 3.05) is 6.54 Å². The van der Waals surface area contributed by atoms with Crippen molar-refractivity contribution in [3.8, 4) is 0 Å². The molecular weight excluding hydrogens is 300 g/mol. The number of halogens is 1. The van der Waals surface area contributed by atoms with Gasteiger partial charge in [0.1, 0.15) is 0 Å². The molecule has 2 rings (SSSR count). The largest absolute Gasteiger partial charge is 0.312 e. The summed E-state index contributed by atoms with van der Waals surface area (Å²) < 4.78 is 0. The van der Waals surface area contributed by atoms with Crippen LogP contribution in [-0.4, -0.2) is 11.5 Å². The van der Waals surface area contributed by atoms with E-state index in [9.17, 15) is 0 Å². The van der Waals surface area contributed by atoms with Gasteiger partial charge in [-0.05, 0) is 36.6 Å². The van der Waals surface area contributed by atoms with Crippen molar-refractivity contribution < 1.29 is 0 Å². The van der Waals surface area contributed by atoms with Gasteiger partial charge in [-0.3, -0.25) is 0 Å². The number of nitrogens with zero attached hydrogens (tertiary/aromatic N) is 1. The van der Waals surface area contributed by atoms with E-state index in [0.29, 0.717) is 5.92 Å². The molecule has 2 nitrogen and oxygen atoms in total. The first-order valence-electron chi connectivity index (χ1n) is 7.53. The van der Waals surface area contributed by atoms with Gasteiger partial charge in [0.2, 0.25) is 0 Å². The zero-order chi connectivity index (χ0) is 15.2. The fraction of sp³-hybridized carbons (Fsp3) is 0.471. The van der Waals surface area contributed by atoms with Crippen LogP contribution in [0.5, 0.6) is 0 Å². The number of hydrogen-bond acceptors (Lipinski definition) is 3. The van der Waals surface area contributed by atoms with E-state index in [1.165, 1.54) is 21.1 Å². The molecule has 1 aromatic carbocycles. The van der Waals surface area contributed by atoms with Gasteiger partial charge in [0.25, 0.3) is 0 Å². The Morgan fingerprint density at radius 3 is 2.57 bits per heavy atom. The third kappa shape index (κ3) is 4.80. The summed E-state index contributed by atoms with van der Waals surface area (Å²) in [7, 11) is 0. The quantitative estimate of drug-likeness (QED) is 0.725. The predicted octanol–water partition coefficient (Wildman–Crippen LogP) is 5.01. The Bertz CT molecular complexity index is 561. The second-order valence-corrected chi connectivity index (χ2v) is 7.16. The lowest BCUT2D eigenvalue weighted by atomic mass is 10.1. The van der Waals surface area contributed by atoms with Crippen LogP contribution >= 0.6 is 22.9 Å². The van der Waals surface area contributed by atoms with Crippen LogP contribution in [0.3, 0.4) is 0 Å². The summed E-state index contributed by atoms with van der Waals surface area (Å²) in [5, 5.41) is 5.46. The van der Waals surface area contributed by atoms with Crippen molar-refractivity contribution in [2.45, 2.75) is 46.1 Å². The minimum Gasteiger partial charge on any atom is -0.312 e. The molecule has 4 heteroatoms. The Morgan fingerprint density at radius 1 is 1.24 bits per heavy atom. The summed E-state index contributed by atoms with van der Waals surface area (Å²) in [6.07, 6.45) is 2.04. The van der Waals surface area contributed by atoms with Crippen LogP contribution in [-0.2, 0) is 13.0 Å². The number of thiazole rings is 1. The van der Waals surface area contributed by atoms with E-state index >= 15 is 0 Å². The van der Waals surface area contributed by atoms with E-state index in [4.69, 9.17) is 16.6 Å². The van der Waals surface area contributed by atoms with Gasteiger partial charge in [-0.1, -0.05) is 44.5 Å². The molecule has 1 heterocycles. The highest BCUT2D eigenvalue weighted by atomic mass is 35.5. The Balaban J connectivity index is 2.12. The second-order valence-electron chi connectivity index (χ2n) is 5.55. The second kappa shape index (κ2) is 7.92. The SMILES string of the molecule is CCCNCc1sc(Cc2ccc(Cl)cc2)nc1C(C)C. The smallest absolute Gasteiger partial charge is 0.0975 e. The molecule has 1 N–H and O–H groups in total. The topological polar surface area (TPSA) is 24.9 Å². The molecule has 0 spiro atoms. The van der Waals surface area contributed by atoms with Crippen molar-refractivity contribution >= 4 is 22.9 Å². The lowest BCUT2D eigenvalue weighted by molar-refractivity contribution is 0.670. The van der Waals surface area contributed by atoms with Crippen molar-refractivity contribution in [1.29, 1.82) is 0 Å². The zero-order valence-corrected chi connectivity index (χ0v) is 14.5. The molecule has 0 atom stereocenters. The first-order chi connectivity index (χ1) is 10.1. The molecule has 0 radical (unpaired) electrons. The third-order valence-electron chi connectivity index (χ3n) is 3.30. The molecule has 0 saturated heterocycles. The number of aromatic nitrogens is 1. The van der Waals surface area contributed by atoms with Crippen molar-refractivity contribution in [3.05, 3.63) is 50.4 Å². The summed E-state index contributed by atoms with van der Waals surface area (Å²) in [6.45, 7) is 8.60. The number of hydrogen-bond donors (Lipinski definition) is 1. The van der Waals surface area contributed by atoms with Crippen LogP contribution in [0.4, 0.5) is 0 Å². The van der Waals surface area contributed by atoms with Gasteiger partial charge in [0, 0.05) is 22.9 Å². The molecule has 2 aromatic rings. The maximum Gasteiger partial charge on any atom is 0.0975 e. The highest BCUT2D eigenvalue weighted by molar-refractivity contribution is 7.11. The fourth-order valence-electron chi connectivity index (χ4n) is 2.22. The van der Waals surface area contributed by atoms with Crippen LogP contribution in [0.15, 0.2) is 24.3 Å². The molecule has 0 aliphatic carbocycles. The molecular formula is C17H23ClN2S. The van der Waals surface area contributed by atoms with Gasteiger partial charge in [-0.15, -0.1) is 11.3 Å². The Kier molecular flexibility index (Phi) is 6.22. The van der Waals surface area contributed by atoms with E-state index in [2.05, 4.69) is 38.2 Å². The summed E-state index contributed by atoms with van der Waals surface area (Å²) in [5.74, 6) is 0.471. The maximum atomic E-state index is 5.94. The van der Waals surface area contributed by atoms with E-state index in [-0.39, 0.29) is 0 Å². The third-order valence-corrected chi connectivity index (χ3v) is 4.62. The lowest BCUT2D eigenvalue weighted by Gasteiger charge is -2.05. The summed E-state index contributed by atoms with van der Waals surface area (Å²) in [6, 6.07) is 8.04. The number of nitrogens with one attached hydrogen (secondary N) is 1. The molecule has 0 unspecified atom stereocenters. The molecule has 0 aliphatic rings. The van der Waals surface area contributed by atoms with E-state index in [1.54, 1.807) is 0 Å². The predicted molar refractivity (Wildman–Crippen MR) is 92.5 cm³/mol. The molecule has 0 saturated carbocycles. The molecule has 0 amide bonds. The Labute approximate surface area is 136 Å². The monoisotopic (exact) mass is 322 g/mol. The van der Waals surface area contributed by atoms with Crippen molar-refractivity contribution in [1.82, 2.24) is 10.3 Å². The summed E-state index contributed by atoms with van der Waals surface area (Å²) in [5.41, 5.74) is 2.50. The highest BCUT2D eigenvalue weighted by Gasteiger charge is 2.14. The lowest BCUT2D eigenvalue weighted by Crippen LogP contribution is -2.14. The molecule has 0 aliphatic heterocycles. The first kappa shape index (κ1) is 16.5. The molecule has 21 heavy (non-hydrogen) atoms. The molecule has 1 aromatic heterocycles. The zero-order valence-electron chi connectivity index (χ0n) is 12.9. The average molecular weight is 323 g/mol. The standard InChI is InChI=1S/C17H23ClN2S/c1-4-9-19-11-15-17(12(2)3)20-16(21-15)10-13-5-7-14(18)8-6-13/h5-8,12,19H,4,9-11H2,1-3H3. The van der Waals surface area contributed by atoms with Crippen LogP contribution < -0.4 is 5.32 Å². The Hall–Kier alpha value is -0.900. The molecule has 0 fully saturated rings. The van der Waals surface area contributed by atoms with Gasteiger partial charge in [-0.25, -0.2) is 4.98 Å². The normalized spacial score (nSPS) is 11.3. The summed E-state index contributed by atoms with van der Waals surface area (Å²) in [4.78, 5) is 6.23. The van der Waals surface area contributed by atoms with E-state index in [0.717, 1.165) is 31.0 Å². The minimum absolute atomic E-state index is 0.471. The molecule has 114 valence electrons. The minimum atomic E-state index is 0.471. The first-order valence-corrected chi connectivity index (χ1v) is 8.73. The van der Waals surface area contributed by atoms with Crippen molar-refractivity contribution in [3.63, 3.8) is 0 Å². The highest BCUT2D eigenvalue weighted by Crippen LogP contribution is 2.27. The fourth-order valence-corrected chi connectivity index (χ4v) is 3.58. The average Bonchev–Trinajstić information content (AvgIpc) is 2.85. The van der Waals surface area contributed by atoms with Crippen molar-refractivity contribution in [2.24, 2.45) is 0 Å². The van der Waals surface area contributed by atoms with E-state index in [1.807, 2.05) is 23.5 Å². The van der Waals surface area contributed by atoms with Crippen LogP contribution in [0.2, 0.25) is 5.02 Å². The molecule has 0 bridgehead atoms. The van der Waals surface area contributed by atoms with Crippen LogP contribution in [0.25, 0.3) is 0 Å². The van der Waals surface area contributed by atoms with Gasteiger partial charge in [0.15, 0.2) is 0 Å². The summed E-state index contributed by atoms with van der Waals surface area (Å²) >= 11 is 7.77. The maximum absolute atomic E-state index is 5.94. The number of rotatable bonds is 7.